The van der Waals surface area contributed by atoms with Crippen LogP contribution in [0.1, 0.15) is 5.56 Å². The molecule has 0 bridgehead atoms. The minimum atomic E-state index is 0.652. The fourth-order valence-corrected chi connectivity index (χ4v) is 2.43. The quantitative estimate of drug-likeness (QED) is 0.711. The third-order valence-corrected chi connectivity index (χ3v) is 3.26. The van der Waals surface area contributed by atoms with Gasteiger partial charge in [-0.05, 0) is 24.6 Å². The average molecular weight is 247 g/mol. The van der Waals surface area contributed by atoms with Crippen molar-refractivity contribution in [1.82, 2.24) is 9.97 Å². The monoisotopic (exact) mass is 246 g/mol. The molecule has 0 aliphatic rings. The predicted octanol–water partition coefficient (Wildman–Crippen LogP) is 3.69. The van der Waals surface area contributed by atoms with Crippen molar-refractivity contribution in [2.45, 2.75) is 6.92 Å². The van der Waals surface area contributed by atoms with Crippen LogP contribution in [-0.2, 0) is 0 Å². The van der Waals surface area contributed by atoms with Crippen LogP contribution in [0.5, 0.6) is 5.75 Å². The van der Waals surface area contributed by atoms with E-state index < -0.39 is 0 Å². The maximum atomic E-state index is 6.19. The Morgan fingerprint density at radius 2 is 2.06 bits per heavy atom. The fourth-order valence-electron chi connectivity index (χ4n) is 2.17. The van der Waals surface area contributed by atoms with Gasteiger partial charge in [-0.25, -0.2) is 0 Å². The molecule has 1 N–H and O–H groups in total. The molecule has 17 heavy (non-hydrogen) atoms. The summed E-state index contributed by atoms with van der Waals surface area (Å²) in [6, 6.07) is 4.07. The van der Waals surface area contributed by atoms with Gasteiger partial charge < -0.3 is 9.72 Å². The molecule has 0 amide bonds. The Morgan fingerprint density at radius 3 is 2.82 bits per heavy atom. The van der Waals surface area contributed by atoms with Gasteiger partial charge in [-0.15, -0.1) is 0 Å². The van der Waals surface area contributed by atoms with Crippen molar-refractivity contribution in [3.63, 3.8) is 0 Å². The SMILES string of the molecule is COc1cc2c(cc1C)[nH]c1cncc(Cl)c12. The van der Waals surface area contributed by atoms with Crippen molar-refractivity contribution < 1.29 is 4.74 Å². The third-order valence-electron chi connectivity index (χ3n) is 2.97. The van der Waals surface area contributed by atoms with E-state index >= 15 is 0 Å². The van der Waals surface area contributed by atoms with Crippen LogP contribution in [0.2, 0.25) is 5.02 Å². The first-order valence-electron chi connectivity index (χ1n) is 5.30. The molecule has 0 aliphatic heterocycles. The Morgan fingerprint density at radius 1 is 1.24 bits per heavy atom. The average Bonchev–Trinajstić information content (AvgIpc) is 2.66. The molecule has 0 saturated carbocycles. The van der Waals surface area contributed by atoms with Gasteiger partial charge >= 0.3 is 0 Å². The highest BCUT2D eigenvalue weighted by molar-refractivity contribution is 6.37. The van der Waals surface area contributed by atoms with Gasteiger partial charge in [-0.1, -0.05) is 11.6 Å². The number of methoxy groups -OCH3 is 1. The number of pyridine rings is 1. The zero-order valence-corrected chi connectivity index (χ0v) is 10.3. The maximum Gasteiger partial charge on any atom is 0.122 e. The molecule has 3 aromatic rings. The number of aromatic amines is 1. The van der Waals surface area contributed by atoms with Crippen LogP contribution in [0.25, 0.3) is 21.8 Å². The van der Waals surface area contributed by atoms with Crippen molar-refractivity contribution in [2.24, 2.45) is 0 Å². The number of hydrogen-bond donors (Lipinski definition) is 1. The maximum absolute atomic E-state index is 6.19. The summed E-state index contributed by atoms with van der Waals surface area (Å²) in [7, 11) is 1.67. The first-order valence-corrected chi connectivity index (χ1v) is 5.68. The Balaban J connectivity index is 2.51. The van der Waals surface area contributed by atoms with Crippen molar-refractivity contribution >= 4 is 33.4 Å². The highest BCUT2D eigenvalue weighted by atomic mass is 35.5. The molecule has 86 valence electrons. The van der Waals surface area contributed by atoms with E-state index in [9.17, 15) is 0 Å². The van der Waals surface area contributed by atoms with Gasteiger partial charge in [-0.3, -0.25) is 4.98 Å². The summed E-state index contributed by atoms with van der Waals surface area (Å²) < 4.78 is 5.34. The molecule has 1 aromatic carbocycles. The van der Waals surface area contributed by atoms with Crippen LogP contribution < -0.4 is 4.74 Å². The molecule has 3 nitrogen and oxygen atoms in total. The number of rotatable bonds is 1. The van der Waals surface area contributed by atoms with Crippen LogP contribution in [0, 0.1) is 6.92 Å². The van der Waals surface area contributed by atoms with E-state index in [0.29, 0.717) is 5.02 Å². The first kappa shape index (κ1) is 10.4. The fraction of sp³-hybridized carbons (Fsp3) is 0.154. The topological polar surface area (TPSA) is 37.9 Å². The largest absolute Gasteiger partial charge is 0.496 e. The number of aryl methyl sites for hydroxylation is 1. The number of nitrogens with one attached hydrogen (secondary N) is 1. The number of aromatic nitrogens is 2. The summed E-state index contributed by atoms with van der Waals surface area (Å²) in [5.41, 5.74) is 3.09. The van der Waals surface area contributed by atoms with E-state index in [1.54, 1.807) is 19.5 Å². The number of H-pyrrole nitrogens is 1. The van der Waals surface area contributed by atoms with E-state index in [-0.39, 0.29) is 0 Å². The Labute approximate surface area is 103 Å². The van der Waals surface area contributed by atoms with Crippen molar-refractivity contribution in [2.75, 3.05) is 7.11 Å². The second kappa shape index (κ2) is 3.64. The Hall–Kier alpha value is -1.74. The second-order valence-corrected chi connectivity index (χ2v) is 4.44. The molecule has 0 saturated heterocycles. The van der Waals surface area contributed by atoms with E-state index in [0.717, 1.165) is 33.1 Å². The third kappa shape index (κ3) is 1.46. The predicted molar refractivity (Wildman–Crippen MR) is 69.9 cm³/mol. The van der Waals surface area contributed by atoms with Crippen LogP contribution in [-0.4, -0.2) is 17.1 Å². The molecule has 0 spiro atoms. The summed E-state index contributed by atoms with van der Waals surface area (Å²) in [5, 5.41) is 2.71. The van der Waals surface area contributed by atoms with Crippen LogP contribution >= 0.6 is 11.6 Å². The lowest BCUT2D eigenvalue weighted by molar-refractivity contribution is 0.412. The van der Waals surface area contributed by atoms with E-state index in [2.05, 4.69) is 16.0 Å². The zero-order chi connectivity index (χ0) is 12.0. The van der Waals surface area contributed by atoms with Gasteiger partial charge in [0, 0.05) is 22.5 Å². The Kier molecular flexibility index (Phi) is 2.23. The minimum Gasteiger partial charge on any atom is -0.496 e. The van der Waals surface area contributed by atoms with Gasteiger partial charge in [0.15, 0.2) is 0 Å². The zero-order valence-electron chi connectivity index (χ0n) is 9.54. The number of fused-ring (bicyclic) bond motifs is 3. The normalized spacial score (nSPS) is 11.2. The summed E-state index contributed by atoms with van der Waals surface area (Å²) >= 11 is 6.19. The van der Waals surface area contributed by atoms with Crippen molar-refractivity contribution in [1.29, 1.82) is 0 Å². The number of nitrogens with zero attached hydrogens (tertiary/aromatic N) is 1. The van der Waals surface area contributed by atoms with Gasteiger partial charge in [0.05, 0.1) is 23.8 Å². The first-order chi connectivity index (χ1) is 8.20. The summed E-state index contributed by atoms with van der Waals surface area (Å²) in [5.74, 6) is 0.867. The number of benzene rings is 1. The van der Waals surface area contributed by atoms with Crippen LogP contribution in [0.3, 0.4) is 0 Å². The summed E-state index contributed by atoms with van der Waals surface area (Å²) in [4.78, 5) is 7.39. The van der Waals surface area contributed by atoms with E-state index in [1.807, 2.05) is 13.0 Å². The lowest BCUT2D eigenvalue weighted by Crippen LogP contribution is -1.86. The summed E-state index contributed by atoms with van der Waals surface area (Å²) in [6.07, 6.45) is 3.44. The Bertz CT molecular complexity index is 718. The van der Waals surface area contributed by atoms with E-state index in [4.69, 9.17) is 16.3 Å². The molecular formula is C13H11ClN2O. The van der Waals surface area contributed by atoms with Crippen LogP contribution in [0.4, 0.5) is 0 Å². The van der Waals surface area contributed by atoms with Crippen molar-refractivity contribution in [3.05, 3.63) is 35.1 Å². The molecule has 0 unspecified atom stereocenters. The van der Waals surface area contributed by atoms with Gasteiger partial charge in [-0.2, -0.15) is 0 Å². The molecular weight excluding hydrogens is 236 g/mol. The molecule has 2 heterocycles. The van der Waals surface area contributed by atoms with Gasteiger partial charge in [0.1, 0.15) is 5.75 Å². The molecule has 4 heteroatoms. The second-order valence-electron chi connectivity index (χ2n) is 4.04. The van der Waals surface area contributed by atoms with Gasteiger partial charge in [0.25, 0.3) is 0 Å². The smallest absolute Gasteiger partial charge is 0.122 e. The number of halogens is 1. The highest BCUT2D eigenvalue weighted by Crippen LogP contribution is 2.34. The van der Waals surface area contributed by atoms with Gasteiger partial charge in [0.2, 0.25) is 0 Å². The minimum absolute atomic E-state index is 0.652. The lowest BCUT2D eigenvalue weighted by Gasteiger charge is -2.04. The summed E-state index contributed by atoms with van der Waals surface area (Å²) in [6.45, 7) is 2.02. The molecule has 0 aliphatic carbocycles. The van der Waals surface area contributed by atoms with Crippen molar-refractivity contribution in [3.8, 4) is 5.75 Å². The molecule has 0 radical (unpaired) electrons. The highest BCUT2D eigenvalue weighted by Gasteiger charge is 2.10. The molecule has 0 fully saturated rings. The molecule has 0 atom stereocenters. The van der Waals surface area contributed by atoms with E-state index in [1.165, 1.54) is 0 Å². The standard InChI is InChI=1S/C13H11ClN2O/c1-7-3-10-8(4-12(7)17-2)13-9(14)5-15-6-11(13)16-10/h3-6,16H,1-2H3. The number of ether oxygens (including phenoxy) is 1. The molecule has 2 aromatic heterocycles. The van der Waals surface area contributed by atoms with Crippen LogP contribution in [0.15, 0.2) is 24.5 Å². The number of hydrogen-bond acceptors (Lipinski definition) is 2. The molecule has 3 rings (SSSR count). The lowest BCUT2D eigenvalue weighted by atomic mass is 10.1.